The SMILES string of the molecule is Cc1ccc(S(=O)(=O)Nc2ccc(N3CCN(C(=O)CC(C)C)CC3)c(Cl)c2)cc1. The van der Waals surface area contributed by atoms with Crippen LogP contribution in [0.5, 0.6) is 0 Å². The van der Waals surface area contributed by atoms with E-state index >= 15 is 0 Å². The number of anilines is 2. The number of rotatable bonds is 6. The van der Waals surface area contributed by atoms with Crippen LogP contribution >= 0.6 is 11.6 Å². The molecule has 1 aliphatic rings. The number of amides is 1. The van der Waals surface area contributed by atoms with Gasteiger partial charge in [-0.1, -0.05) is 43.1 Å². The van der Waals surface area contributed by atoms with E-state index in [0.717, 1.165) is 11.3 Å². The zero-order valence-corrected chi connectivity index (χ0v) is 19.1. The van der Waals surface area contributed by atoms with Crippen LogP contribution < -0.4 is 9.62 Å². The van der Waals surface area contributed by atoms with Gasteiger partial charge in [-0.2, -0.15) is 0 Å². The molecule has 1 heterocycles. The van der Waals surface area contributed by atoms with Crippen molar-refractivity contribution >= 4 is 38.9 Å². The van der Waals surface area contributed by atoms with Gasteiger partial charge in [0.15, 0.2) is 0 Å². The fraction of sp³-hybridized carbons (Fsp3) is 0.409. The molecule has 0 saturated carbocycles. The fourth-order valence-electron chi connectivity index (χ4n) is 3.43. The first-order valence-electron chi connectivity index (χ1n) is 10.1. The standard InChI is InChI=1S/C22H28ClN3O3S/c1-16(2)14-22(27)26-12-10-25(11-13-26)21-9-6-18(15-20(21)23)24-30(28,29)19-7-4-17(3)5-8-19/h4-9,15-16,24H,10-14H2,1-3H3. The highest BCUT2D eigenvalue weighted by atomic mass is 35.5. The lowest BCUT2D eigenvalue weighted by molar-refractivity contribution is -0.132. The van der Waals surface area contributed by atoms with Gasteiger partial charge in [0.05, 0.1) is 21.3 Å². The monoisotopic (exact) mass is 449 g/mol. The average molecular weight is 450 g/mol. The number of carbonyl (C=O) groups excluding carboxylic acids is 1. The smallest absolute Gasteiger partial charge is 0.261 e. The lowest BCUT2D eigenvalue weighted by Crippen LogP contribution is -2.49. The molecule has 1 N–H and O–H groups in total. The van der Waals surface area contributed by atoms with Gasteiger partial charge in [0.1, 0.15) is 0 Å². The molecule has 0 radical (unpaired) electrons. The van der Waals surface area contributed by atoms with E-state index in [4.69, 9.17) is 11.6 Å². The van der Waals surface area contributed by atoms with Crippen LogP contribution in [0.1, 0.15) is 25.8 Å². The Bertz CT molecular complexity index is 999. The van der Waals surface area contributed by atoms with E-state index in [0.29, 0.717) is 49.2 Å². The van der Waals surface area contributed by atoms with Gasteiger partial charge < -0.3 is 9.80 Å². The highest BCUT2D eigenvalue weighted by Crippen LogP contribution is 2.30. The molecule has 0 aliphatic carbocycles. The van der Waals surface area contributed by atoms with Crippen molar-refractivity contribution in [1.29, 1.82) is 0 Å². The van der Waals surface area contributed by atoms with Gasteiger partial charge in [-0.05, 0) is 43.2 Å². The van der Waals surface area contributed by atoms with Crippen molar-refractivity contribution in [3.05, 3.63) is 53.1 Å². The Morgan fingerprint density at radius 2 is 1.70 bits per heavy atom. The molecule has 0 unspecified atom stereocenters. The van der Waals surface area contributed by atoms with Crippen LogP contribution in [-0.4, -0.2) is 45.4 Å². The number of aryl methyl sites for hydroxylation is 1. The van der Waals surface area contributed by atoms with E-state index in [1.807, 2.05) is 31.7 Å². The summed E-state index contributed by atoms with van der Waals surface area (Å²) in [4.78, 5) is 16.5. The van der Waals surface area contributed by atoms with E-state index in [2.05, 4.69) is 9.62 Å². The van der Waals surface area contributed by atoms with Crippen LogP contribution in [0.25, 0.3) is 0 Å². The third-order valence-electron chi connectivity index (χ3n) is 5.09. The average Bonchev–Trinajstić information content (AvgIpc) is 2.68. The van der Waals surface area contributed by atoms with Gasteiger partial charge in [-0.25, -0.2) is 8.42 Å². The number of sulfonamides is 1. The van der Waals surface area contributed by atoms with Gasteiger partial charge in [0, 0.05) is 32.6 Å². The summed E-state index contributed by atoms with van der Waals surface area (Å²) in [7, 11) is -3.68. The summed E-state index contributed by atoms with van der Waals surface area (Å²) in [6.45, 7) is 8.69. The highest BCUT2D eigenvalue weighted by Gasteiger charge is 2.23. The molecule has 8 heteroatoms. The molecule has 2 aromatic rings. The second kappa shape index (κ2) is 9.27. The maximum absolute atomic E-state index is 12.6. The van der Waals surface area contributed by atoms with Crippen molar-refractivity contribution in [2.45, 2.75) is 32.1 Å². The van der Waals surface area contributed by atoms with Crippen molar-refractivity contribution in [2.24, 2.45) is 5.92 Å². The van der Waals surface area contributed by atoms with E-state index in [1.165, 1.54) is 0 Å². The molecule has 1 saturated heterocycles. The number of carbonyl (C=O) groups is 1. The molecule has 0 bridgehead atoms. The Morgan fingerprint density at radius 1 is 1.07 bits per heavy atom. The predicted molar refractivity (Wildman–Crippen MR) is 122 cm³/mol. The van der Waals surface area contributed by atoms with Crippen molar-refractivity contribution < 1.29 is 13.2 Å². The first-order chi connectivity index (χ1) is 14.2. The van der Waals surface area contributed by atoms with E-state index in [-0.39, 0.29) is 10.8 Å². The lowest BCUT2D eigenvalue weighted by atomic mass is 10.1. The minimum atomic E-state index is -3.68. The van der Waals surface area contributed by atoms with E-state index < -0.39 is 10.0 Å². The molecule has 0 atom stereocenters. The Morgan fingerprint density at radius 3 is 2.27 bits per heavy atom. The fourth-order valence-corrected chi connectivity index (χ4v) is 4.78. The molecular formula is C22H28ClN3O3S. The molecule has 0 aromatic heterocycles. The number of nitrogens with zero attached hydrogens (tertiary/aromatic N) is 2. The Labute approximate surface area is 183 Å². The minimum Gasteiger partial charge on any atom is -0.367 e. The summed E-state index contributed by atoms with van der Waals surface area (Å²) in [6.07, 6.45) is 0.566. The molecule has 1 fully saturated rings. The van der Waals surface area contributed by atoms with Crippen molar-refractivity contribution in [3.8, 4) is 0 Å². The van der Waals surface area contributed by atoms with Crippen LogP contribution in [0.3, 0.4) is 0 Å². The van der Waals surface area contributed by atoms with Crippen molar-refractivity contribution in [2.75, 3.05) is 35.8 Å². The largest absolute Gasteiger partial charge is 0.367 e. The summed E-state index contributed by atoms with van der Waals surface area (Å²) in [6, 6.07) is 11.8. The van der Waals surface area contributed by atoms with Gasteiger partial charge in [0.25, 0.3) is 10.0 Å². The van der Waals surface area contributed by atoms with Crippen molar-refractivity contribution in [1.82, 2.24) is 4.90 Å². The Balaban J connectivity index is 1.66. The topological polar surface area (TPSA) is 69.7 Å². The number of hydrogen-bond donors (Lipinski definition) is 1. The normalized spacial score (nSPS) is 14.8. The second-order valence-electron chi connectivity index (χ2n) is 8.05. The van der Waals surface area contributed by atoms with E-state index in [9.17, 15) is 13.2 Å². The third-order valence-corrected chi connectivity index (χ3v) is 6.79. The first-order valence-corrected chi connectivity index (χ1v) is 11.9. The first kappa shape index (κ1) is 22.4. The summed E-state index contributed by atoms with van der Waals surface area (Å²) >= 11 is 6.47. The molecular weight excluding hydrogens is 422 g/mol. The quantitative estimate of drug-likeness (QED) is 0.719. The number of nitrogens with one attached hydrogen (secondary N) is 1. The zero-order valence-electron chi connectivity index (χ0n) is 17.6. The minimum absolute atomic E-state index is 0.191. The van der Waals surface area contributed by atoms with Crippen LogP contribution in [0, 0.1) is 12.8 Å². The van der Waals surface area contributed by atoms with E-state index in [1.54, 1.807) is 36.4 Å². The zero-order chi connectivity index (χ0) is 21.9. The van der Waals surface area contributed by atoms with Gasteiger partial charge in [0.2, 0.25) is 5.91 Å². The number of hydrogen-bond acceptors (Lipinski definition) is 4. The molecule has 6 nitrogen and oxygen atoms in total. The van der Waals surface area contributed by atoms with Crippen LogP contribution in [0.15, 0.2) is 47.4 Å². The highest BCUT2D eigenvalue weighted by molar-refractivity contribution is 7.92. The number of halogens is 1. The summed E-state index contributed by atoms with van der Waals surface area (Å²) < 4.78 is 27.8. The summed E-state index contributed by atoms with van der Waals surface area (Å²) in [5, 5.41) is 0.473. The Kier molecular flexibility index (Phi) is 6.93. The number of benzene rings is 2. The summed E-state index contributed by atoms with van der Waals surface area (Å²) in [5.74, 6) is 0.540. The molecule has 2 aromatic carbocycles. The Hall–Kier alpha value is -2.25. The summed E-state index contributed by atoms with van der Waals surface area (Å²) in [5.41, 5.74) is 2.24. The van der Waals surface area contributed by atoms with Crippen LogP contribution in [-0.2, 0) is 14.8 Å². The molecule has 3 rings (SSSR count). The molecule has 30 heavy (non-hydrogen) atoms. The predicted octanol–water partition coefficient (Wildman–Crippen LogP) is 4.14. The molecule has 1 aliphatic heterocycles. The molecule has 1 amide bonds. The second-order valence-corrected chi connectivity index (χ2v) is 10.1. The third kappa shape index (κ3) is 5.46. The van der Waals surface area contributed by atoms with Gasteiger partial charge in [-0.3, -0.25) is 9.52 Å². The lowest BCUT2D eigenvalue weighted by Gasteiger charge is -2.36. The van der Waals surface area contributed by atoms with Crippen molar-refractivity contribution in [3.63, 3.8) is 0 Å². The maximum Gasteiger partial charge on any atom is 0.261 e. The van der Waals surface area contributed by atoms with Crippen LogP contribution in [0.2, 0.25) is 5.02 Å². The van der Waals surface area contributed by atoms with Gasteiger partial charge in [-0.15, -0.1) is 0 Å². The molecule has 162 valence electrons. The number of piperazine rings is 1. The maximum atomic E-state index is 12.6. The van der Waals surface area contributed by atoms with Gasteiger partial charge >= 0.3 is 0 Å². The molecule has 0 spiro atoms. The van der Waals surface area contributed by atoms with Crippen LogP contribution in [0.4, 0.5) is 11.4 Å².